The molecule has 0 bridgehead atoms. The van der Waals surface area contributed by atoms with Crippen LogP contribution < -0.4 is 5.32 Å². The number of amides is 1. The molecule has 1 N–H and O–H groups in total. The third kappa shape index (κ3) is 2.76. The summed E-state index contributed by atoms with van der Waals surface area (Å²) >= 11 is 0. The van der Waals surface area contributed by atoms with Gasteiger partial charge in [-0.05, 0) is 51.2 Å². The van der Waals surface area contributed by atoms with Gasteiger partial charge in [-0.3, -0.25) is 4.79 Å². The van der Waals surface area contributed by atoms with E-state index in [-0.39, 0.29) is 11.1 Å². The van der Waals surface area contributed by atoms with E-state index in [1.807, 2.05) is 26.0 Å². The van der Waals surface area contributed by atoms with E-state index < -0.39 is 7.26 Å². The fourth-order valence-corrected chi connectivity index (χ4v) is 10.2. The molecular formula is C20H28N2OP+. The summed E-state index contributed by atoms with van der Waals surface area (Å²) in [5.74, 6) is 0.265. The van der Waals surface area contributed by atoms with Crippen LogP contribution in [0.5, 0.6) is 0 Å². The van der Waals surface area contributed by atoms with Gasteiger partial charge in [0.25, 0.3) is 5.91 Å². The summed E-state index contributed by atoms with van der Waals surface area (Å²) in [7, 11) is -1.16. The Morgan fingerprint density at radius 2 is 1.79 bits per heavy atom. The van der Waals surface area contributed by atoms with E-state index in [1.165, 1.54) is 37.7 Å². The molecule has 0 aromatic heterocycles. The van der Waals surface area contributed by atoms with E-state index in [0.29, 0.717) is 5.69 Å². The zero-order chi connectivity index (χ0) is 17.4. The second-order valence-corrected chi connectivity index (χ2v) is 12.2. The first-order chi connectivity index (χ1) is 11.5. The molecule has 1 amide bonds. The highest BCUT2D eigenvalue weighted by atomic mass is 31.2. The molecule has 1 saturated carbocycles. The SMILES string of the molecule is [C-]#[N+]c1cc(C)c(NC(=O)C2([P+]3(CC)CCCCC3)CC2)c(C)c1. The van der Waals surface area contributed by atoms with Crippen molar-refractivity contribution in [3.63, 3.8) is 0 Å². The Labute approximate surface area is 146 Å². The zero-order valence-corrected chi connectivity index (χ0v) is 16.0. The van der Waals surface area contributed by atoms with Crippen molar-refractivity contribution in [2.24, 2.45) is 0 Å². The standard InChI is InChI=1S/C20H27N2OP/c1-5-24(11-7-6-8-12-24)20(9-10-20)19(23)22-18-15(2)13-17(21-4)14-16(18)3/h13-14H,5-12H2,1-3H3/p+1. The molecule has 3 rings (SSSR count). The molecule has 1 aromatic carbocycles. The third-order valence-corrected chi connectivity index (χ3v) is 12.2. The maximum absolute atomic E-state index is 13.3. The summed E-state index contributed by atoms with van der Waals surface area (Å²) in [6.07, 6.45) is 9.97. The van der Waals surface area contributed by atoms with Crippen LogP contribution in [-0.2, 0) is 4.79 Å². The lowest BCUT2D eigenvalue weighted by molar-refractivity contribution is -0.116. The van der Waals surface area contributed by atoms with Crippen LogP contribution in [-0.4, -0.2) is 29.5 Å². The zero-order valence-electron chi connectivity index (χ0n) is 15.1. The first kappa shape index (κ1) is 17.4. The number of anilines is 1. The van der Waals surface area contributed by atoms with Crippen molar-refractivity contribution in [2.45, 2.75) is 58.0 Å². The normalized spacial score (nSPS) is 20.9. The lowest BCUT2D eigenvalue weighted by atomic mass is 10.1. The predicted molar refractivity (Wildman–Crippen MR) is 104 cm³/mol. The molecule has 4 heteroatoms. The van der Waals surface area contributed by atoms with Crippen LogP contribution in [0.25, 0.3) is 4.85 Å². The topological polar surface area (TPSA) is 33.5 Å². The van der Waals surface area contributed by atoms with Crippen LogP contribution in [0.1, 0.15) is 50.2 Å². The minimum atomic E-state index is -1.16. The Balaban J connectivity index is 1.86. The molecular weight excluding hydrogens is 315 g/mol. The molecule has 0 radical (unpaired) electrons. The van der Waals surface area contributed by atoms with Gasteiger partial charge in [0, 0.05) is 25.8 Å². The highest BCUT2D eigenvalue weighted by molar-refractivity contribution is 7.78. The second-order valence-electron chi connectivity index (χ2n) is 7.52. The van der Waals surface area contributed by atoms with E-state index in [1.54, 1.807) is 0 Å². The lowest BCUT2D eigenvalue weighted by Gasteiger charge is -2.36. The summed E-state index contributed by atoms with van der Waals surface area (Å²) < 4.78 is 0. The van der Waals surface area contributed by atoms with Gasteiger partial charge in [0.1, 0.15) is 0 Å². The molecule has 0 unspecified atom stereocenters. The number of hydrogen-bond acceptors (Lipinski definition) is 1. The molecule has 1 aliphatic carbocycles. The molecule has 0 spiro atoms. The summed E-state index contributed by atoms with van der Waals surface area (Å²) in [6.45, 7) is 13.5. The third-order valence-electron chi connectivity index (χ3n) is 6.22. The van der Waals surface area contributed by atoms with Crippen LogP contribution in [0.3, 0.4) is 0 Å². The minimum absolute atomic E-state index is 0.0421. The van der Waals surface area contributed by atoms with Gasteiger partial charge in [0.05, 0.1) is 25.1 Å². The quantitative estimate of drug-likeness (QED) is 0.564. The highest BCUT2D eigenvalue weighted by Crippen LogP contribution is 2.79. The first-order valence-electron chi connectivity index (χ1n) is 9.14. The van der Waals surface area contributed by atoms with Crippen molar-refractivity contribution in [2.75, 3.05) is 23.8 Å². The fourth-order valence-electron chi connectivity index (χ4n) is 4.63. The van der Waals surface area contributed by atoms with Crippen LogP contribution in [0.4, 0.5) is 11.4 Å². The Bertz CT molecular complexity index is 671. The van der Waals surface area contributed by atoms with E-state index >= 15 is 0 Å². The number of hydrogen-bond donors (Lipinski definition) is 1. The number of nitrogens with one attached hydrogen (secondary N) is 1. The van der Waals surface area contributed by atoms with Gasteiger partial charge < -0.3 is 5.32 Å². The number of carbonyl (C=O) groups excluding carboxylic acids is 1. The van der Waals surface area contributed by atoms with Crippen molar-refractivity contribution in [3.05, 3.63) is 34.7 Å². The molecule has 128 valence electrons. The predicted octanol–water partition coefficient (Wildman–Crippen LogP) is 5.55. The minimum Gasteiger partial charge on any atom is -0.322 e. The maximum atomic E-state index is 13.3. The number of rotatable bonds is 4. The van der Waals surface area contributed by atoms with Crippen LogP contribution in [0.2, 0.25) is 0 Å². The first-order valence-corrected chi connectivity index (χ1v) is 11.5. The number of aryl methyl sites for hydroxylation is 2. The van der Waals surface area contributed by atoms with Gasteiger partial charge in [0.15, 0.2) is 10.8 Å². The van der Waals surface area contributed by atoms with Crippen LogP contribution >= 0.6 is 7.26 Å². The maximum Gasteiger partial charge on any atom is 0.268 e. The van der Waals surface area contributed by atoms with Gasteiger partial charge >= 0.3 is 0 Å². The summed E-state index contributed by atoms with van der Waals surface area (Å²) in [5.41, 5.74) is 3.56. The Morgan fingerprint density at radius 1 is 1.21 bits per heavy atom. The average molecular weight is 343 g/mol. The summed E-state index contributed by atoms with van der Waals surface area (Å²) in [6, 6.07) is 3.75. The smallest absolute Gasteiger partial charge is 0.268 e. The van der Waals surface area contributed by atoms with E-state index in [4.69, 9.17) is 6.57 Å². The van der Waals surface area contributed by atoms with Crippen molar-refractivity contribution < 1.29 is 4.79 Å². The highest BCUT2D eigenvalue weighted by Gasteiger charge is 2.69. The molecule has 1 heterocycles. The molecule has 1 saturated heterocycles. The Hall–Kier alpha value is -1.39. The van der Waals surface area contributed by atoms with E-state index in [9.17, 15) is 4.79 Å². The molecule has 3 nitrogen and oxygen atoms in total. The molecule has 1 aromatic rings. The molecule has 0 atom stereocenters. The van der Waals surface area contributed by atoms with Gasteiger partial charge in [0.2, 0.25) is 0 Å². The van der Waals surface area contributed by atoms with E-state index in [0.717, 1.165) is 29.7 Å². The average Bonchev–Trinajstić information content (AvgIpc) is 3.40. The van der Waals surface area contributed by atoms with Crippen molar-refractivity contribution >= 4 is 24.5 Å². The van der Waals surface area contributed by atoms with Gasteiger partial charge in [-0.2, -0.15) is 0 Å². The molecule has 2 aliphatic rings. The Morgan fingerprint density at radius 3 is 2.25 bits per heavy atom. The van der Waals surface area contributed by atoms with E-state index in [2.05, 4.69) is 17.1 Å². The van der Waals surface area contributed by atoms with Gasteiger partial charge in [-0.15, -0.1) is 0 Å². The van der Waals surface area contributed by atoms with Crippen molar-refractivity contribution in [1.82, 2.24) is 0 Å². The Kier molecular flexibility index (Phi) is 4.71. The van der Waals surface area contributed by atoms with Crippen molar-refractivity contribution in [1.29, 1.82) is 0 Å². The molecule has 24 heavy (non-hydrogen) atoms. The second kappa shape index (κ2) is 6.49. The van der Waals surface area contributed by atoms with Crippen LogP contribution in [0, 0.1) is 20.4 Å². The summed E-state index contributed by atoms with van der Waals surface area (Å²) in [4.78, 5) is 16.8. The van der Waals surface area contributed by atoms with Gasteiger partial charge in [-0.1, -0.05) is 12.1 Å². The summed E-state index contributed by atoms with van der Waals surface area (Å²) in [5, 5.41) is 3.23. The molecule has 2 fully saturated rings. The number of benzene rings is 1. The van der Waals surface area contributed by atoms with Gasteiger partial charge in [-0.25, -0.2) is 4.85 Å². The fraction of sp³-hybridized carbons (Fsp3) is 0.600. The monoisotopic (exact) mass is 343 g/mol. The lowest BCUT2D eigenvalue weighted by Crippen LogP contribution is -2.37. The van der Waals surface area contributed by atoms with Crippen LogP contribution in [0.15, 0.2) is 12.1 Å². The van der Waals surface area contributed by atoms with Crippen molar-refractivity contribution in [3.8, 4) is 0 Å². The number of nitrogens with zero attached hydrogens (tertiary/aromatic N) is 1. The molecule has 1 aliphatic heterocycles. The largest absolute Gasteiger partial charge is 0.322 e. The number of carbonyl (C=O) groups is 1.